The molecule has 0 unspecified atom stereocenters. The maximum Gasteiger partial charge on any atom is 0.410 e. The quantitative estimate of drug-likeness (QED) is 0.687. The van der Waals surface area contributed by atoms with Gasteiger partial charge in [0.2, 0.25) is 0 Å². The van der Waals surface area contributed by atoms with Crippen molar-refractivity contribution in [1.29, 1.82) is 0 Å². The average Bonchev–Trinajstić information content (AvgIpc) is 2.15. The highest BCUT2D eigenvalue weighted by Crippen LogP contribution is 2.12. The van der Waals surface area contributed by atoms with Crippen molar-refractivity contribution in [3.05, 3.63) is 0 Å². The van der Waals surface area contributed by atoms with Crippen LogP contribution in [0.3, 0.4) is 0 Å². The van der Waals surface area contributed by atoms with Crippen molar-refractivity contribution >= 4 is 12.4 Å². The molecule has 0 radical (unpaired) electrons. The van der Waals surface area contributed by atoms with Crippen molar-refractivity contribution in [2.45, 2.75) is 45.4 Å². The van der Waals surface area contributed by atoms with Crippen LogP contribution in [-0.4, -0.2) is 49.2 Å². The number of likely N-dealkylation sites (N-methyl/N-ethyl adjacent to an activating group) is 1. The zero-order valence-corrected chi connectivity index (χ0v) is 10.8. The molecule has 0 aliphatic rings. The molecule has 2 atom stereocenters. The first-order valence-corrected chi connectivity index (χ1v) is 5.17. The molecule has 94 valence electrons. The van der Waals surface area contributed by atoms with Gasteiger partial charge in [-0.05, 0) is 27.7 Å². The molecule has 5 nitrogen and oxygen atoms in total. The molecule has 0 saturated heterocycles. The van der Waals surface area contributed by atoms with Gasteiger partial charge in [-0.2, -0.15) is 0 Å². The van der Waals surface area contributed by atoms with Gasteiger partial charge in [0.25, 0.3) is 0 Å². The minimum atomic E-state index is -0.639. The lowest BCUT2D eigenvalue weighted by Gasteiger charge is -2.30. The fraction of sp³-hybridized carbons (Fsp3) is 0.818. The lowest BCUT2D eigenvalue weighted by Crippen LogP contribution is -2.47. The Morgan fingerprint density at radius 2 is 1.88 bits per heavy atom. The maximum absolute atomic E-state index is 11.7. The van der Waals surface area contributed by atoms with E-state index >= 15 is 0 Å². The Labute approximate surface area is 96.7 Å². The molecule has 0 fully saturated rings. The standard InChI is InChI=1S/C11H21NO4/c1-8(15-6)9(7-13)12(5)10(14)16-11(2,3)4/h7-9H,1-6H3/t8-,9-/m0/s1. The van der Waals surface area contributed by atoms with Crippen LogP contribution in [0.25, 0.3) is 0 Å². The maximum atomic E-state index is 11.7. The highest BCUT2D eigenvalue weighted by molar-refractivity contribution is 5.73. The molecule has 0 N–H and O–H groups in total. The van der Waals surface area contributed by atoms with E-state index in [0.29, 0.717) is 6.29 Å². The smallest absolute Gasteiger partial charge is 0.410 e. The Balaban J connectivity index is 4.57. The lowest BCUT2D eigenvalue weighted by atomic mass is 10.2. The molecule has 0 spiro atoms. The summed E-state index contributed by atoms with van der Waals surface area (Å²) in [5.74, 6) is 0. The van der Waals surface area contributed by atoms with Crippen LogP contribution in [0.1, 0.15) is 27.7 Å². The summed E-state index contributed by atoms with van der Waals surface area (Å²) in [7, 11) is 3.01. The van der Waals surface area contributed by atoms with Gasteiger partial charge in [0.15, 0.2) is 0 Å². The minimum Gasteiger partial charge on any atom is -0.444 e. The summed E-state index contributed by atoms with van der Waals surface area (Å²) in [6, 6.07) is -0.639. The third kappa shape index (κ3) is 4.61. The summed E-state index contributed by atoms with van der Waals surface area (Å²) in [6.45, 7) is 7.04. The summed E-state index contributed by atoms with van der Waals surface area (Å²) >= 11 is 0. The second kappa shape index (κ2) is 5.84. The Morgan fingerprint density at radius 1 is 1.38 bits per heavy atom. The average molecular weight is 231 g/mol. The number of hydrogen-bond donors (Lipinski definition) is 0. The predicted octanol–water partition coefficient (Wildman–Crippen LogP) is 1.46. The number of methoxy groups -OCH3 is 1. The summed E-state index contributed by atoms with van der Waals surface area (Å²) in [5.41, 5.74) is -0.574. The summed E-state index contributed by atoms with van der Waals surface area (Å²) in [6.07, 6.45) is -0.221. The van der Waals surface area contributed by atoms with Crippen molar-refractivity contribution in [3.8, 4) is 0 Å². The first-order valence-electron chi connectivity index (χ1n) is 5.17. The number of rotatable bonds is 4. The molecule has 0 bridgehead atoms. The van der Waals surface area contributed by atoms with E-state index < -0.39 is 17.7 Å². The van der Waals surface area contributed by atoms with E-state index in [1.807, 2.05) is 0 Å². The van der Waals surface area contributed by atoms with Crippen LogP contribution >= 0.6 is 0 Å². The van der Waals surface area contributed by atoms with E-state index in [4.69, 9.17) is 9.47 Å². The Hall–Kier alpha value is -1.10. The van der Waals surface area contributed by atoms with Gasteiger partial charge in [-0.15, -0.1) is 0 Å². The van der Waals surface area contributed by atoms with E-state index in [-0.39, 0.29) is 6.10 Å². The fourth-order valence-electron chi connectivity index (χ4n) is 1.11. The fourth-order valence-corrected chi connectivity index (χ4v) is 1.11. The van der Waals surface area contributed by atoms with Crippen LogP contribution in [0.2, 0.25) is 0 Å². The zero-order valence-electron chi connectivity index (χ0n) is 10.8. The number of amides is 1. The van der Waals surface area contributed by atoms with E-state index in [1.54, 1.807) is 27.7 Å². The number of aldehydes is 1. The van der Waals surface area contributed by atoms with Gasteiger partial charge in [0.1, 0.15) is 17.9 Å². The molecule has 5 heteroatoms. The molecule has 0 aromatic rings. The molecule has 0 aliphatic carbocycles. The third-order valence-electron chi connectivity index (χ3n) is 2.12. The van der Waals surface area contributed by atoms with Crippen LogP contribution in [0.4, 0.5) is 4.79 Å². The summed E-state index contributed by atoms with van der Waals surface area (Å²) in [5, 5.41) is 0. The Morgan fingerprint density at radius 3 is 2.19 bits per heavy atom. The first-order chi connectivity index (χ1) is 7.22. The summed E-state index contributed by atoms with van der Waals surface area (Å²) < 4.78 is 10.2. The van der Waals surface area contributed by atoms with Crippen molar-refractivity contribution in [1.82, 2.24) is 4.90 Å². The van der Waals surface area contributed by atoms with Crippen LogP contribution in [0.5, 0.6) is 0 Å². The largest absolute Gasteiger partial charge is 0.444 e. The van der Waals surface area contributed by atoms with Gasteiger partial charge in [-0.3, -0.25) is 4.90 Å². The second-order valence-electron chi connectivity index (χ2n) is 4.66. The molecule has 0 aromatic carbocycles. The van der Waals surface area contributed by atoms with E-state index in [0.717, 1.165) is 0 Å². The highest BCUT2D eigenvalue weighted by Gasteiger charge is 2.28. The monoisotopic (exact) mass is 231 g/mol. The van der Waals surface area contributed by atoms with E-state index in [9.17, 15) is 9.59 Å². The molecule has 0 heterocycles. The van der Waals surface area contributed by atoms with Gasteiger partial charge in [-0.1, -0.05) is 0 Å². The zero-order chi connectivity index (χ0) is 12.9. The van der Waals surface area contributed by atoms with Crippen LogP contribution in [0, 0.1) is 0 Å². The molecule has 0 saturated carbocycles. The number of nitrogens with zero attached hydrogens (tertiary/aromatic N) is 1. The van der Waals surface area contributed by atoms with Gasteiger partial charge in [0.05, 0.1) is 6.10 Å². The van der Waals surface area contributed by atoms with Gasteiger partial charge in [-0.25, -0.2) is 4.79 Å². The molecule has 1 amide bonds. The van der Waals surface area contributed by atoms with E-state index in [2.05, 4.69) is 0 Å². The highest BCUT2D eigenvalue weighted by atomic mass is 16.6. The normalized spacial score (nSPS) is 15.1. The molecule has 16 heavy (non-hydrogen) atoms. The Bertz CT molecular complexity index is 247. The number of hydrogen-bond acceptors (Lipinski definition) is 4. The van der Waals surface area contributed by atoms with Crippen molar-refractivity contribution in [3.63, 3.8) is 0 Å². The molecular weight excluding hydrogens is 210 g/mol. The molecule has 0 aromatic heterocycles. The second-order valence-corrected chi connectivity index (χ2v) is 4.66. The predicted molar refractivity (Wildman–Crippen MR) is 60.3 cm³/mol. The minimum absolute atomic E-state index is 0.366. The van der Waals surface area contributed by atoms with Crippen LogP contribution in [0.15, 0.2) is 0 Å². The van der Waals surface area contributed by atoms with Crippen LogP contribution < -0.4 is 0 Å². The first kappa shape index (κ1) is 14.9. The topological polar surface area (TPSA) is 55.8 Å². The van der Waals surface area contributed by atoms with Gasteiger partial charge < -0.3 is 14.3 Å². The SMILES string of the molecule is CO[C@@H](C)[C@H](C=O)N(C)C(=O)OC(C)(C)C. The van der Waals surface area contributed by atoms with Crippen molar-refractivity contribution in [2.24, 2.45) is 0 Å². The Kier molecular flexibility index (Phi) is 5.44. The lowest BCUT2D eigenvalue weighted by molar-refractivity contribution is -0.116. The number of carbonyl (C=O) groups is 2. The van der Waals surface area contributed by atoms with Gasteiger partial charge >= 0.3 is 6.09 Å². The summed E-state index contributed by atoms with van der Waals surface area (Å²) in [4.78, 5) is 23.8. The molecule has 0 aliphatic heterocycles. The third-order valence-corrected chi connectivity index (χ3v) is 2.12. The van der Waals surface area contributed by atoms with Crippen molar-refractivity contribution < 1.29 is 19.1 Å². The number of ether oxygens (including phenoxy) is 2. The van der Waals surface area contributed by atoms with E-state index in [1.165, 1.54) is 19.1 Å². The molecular formula is C11H21NO4. The van der Waals surface area contributed by atoms with Crippen LogP contribution in [-0.2, 0) is 14.3 Å². The molecule has 0 rings (SSSR count). The number of carbonyl (C=O) groups excluding carboxylic acids is 2. The van der Waals surface area contributed by atoms with Gasteiger partial charge in [0, 0.05) is 14.2 Å². The van der Waals surface area contributed by atoms with Crippen molar-refractivity contribution in [2.75, 3.05) is 14.2 Å².